The zero-order valence-electron chi connectivity index (χ0n) is 11.7. The van der Waals surface area contributed by atoms with Crippen molar-refractivity contribution in [1.29, 1.82) is 0 Å². The Morgan fingerprint density at radius 3 is 2.43 bits per heavy atom. The van der Waals surface area contributed by atoms with Crippen LogP contribution in [0.3, 0.4) is 0 Å². The number of esters is 2. The van der Waals surface area contributed by atoms with E-state index in [-0.39, 0.29) is 23.3 Å². The fraction of sp³-hybridized carbons (Fsp3) is 0.333. The molecule has 1 unspecified atom stereocenters. The SMILES string of the molecule is CCCC(=O)OC1C(=O)c2ccc(OC(C)=O)cc2C1=O. The molecule has 1 atom stereocenters. The molecular formula is C15H14O6. The minimum Gasteiger partial charge on any atom is -0.445 e. The highest BCUT2D eigenvalue weighted by molar-refractivity contribution is 6.29. The van der Waals surface area contributed by atoms with Crippen LogP contribution in [0.4, 0.5) is 0 Å². The Balaban J connectivity index is 2.25. The van der Waals surface area contributed by atoms with Crippen LogP contribution in [0.15, 0.2) is 18.2 Å². The van der Waals surface area contributed by atoms with Gasteiger partial charge in [0.05, 0.1) is 0 Å². The normalized spacial score (nSPS) is 16.6. The molecule has 1 aliphatic carbocycles. The third-order valence-corrected chi connectivity index (χ3v) is 2.96. The molecule has 1 aromatic rings. The summed E-state index contributed by atoms with van der Waals surface area (Å²) in [6.07, 6.45) is -0.713. The second-order valence-electron chi connectivity index (χ2n) is 4.65. The summed E-state index contributed by atoms with van der Waals surface area (Å²) in [6, 6.07) is 4.12. The van der Waals surface area contributed by atoms with E-state index in [0.717, 1.165) is 0 Å². The average Bonchev–Trinajstić information content (AvgIpc) is 2.63. The summed E-state index contributed by atoms with van der Waals surface area (Å²) in [4.78, 5) is 46.6. The monoisotopic (exact) mass is 290 g/mol. The molecule has 0 amide bonds. The fourth-order valence-electron chi connectivity index (χ4n) is 2.07. The fourth-order valence-corrected chi connectivity index (χ4v) is 2.07. The molecule has 0 saturated carbocycles. The van der Waals surface area contributed by atoms with Crippen LogP contribution in [-0.4, -0.2) is 29.6 Å². The summed E-state index contributed by atoms with van der Waals surface area (Å²) in [5.41, 5.74) is 0.276. The maximum atomic E-state index is 12.1. The van der Waals surface area contributed by atoms with Gasteiger partial charge in [0.1, 0.15) is 5.75 Å². The van der Waals surface area contributed by atoms with Crippen molar-refractivity contribution in [3.63, 3.8) is 0 Å². The van der Waals surface area contributed by atoms with E-state index in [1.807, 2.05) is 0 Å². The van der Waals surface area contributed by atoms with E-state index >= 15 is 0 Å². The summed E-state index contributed by atoms with van der Waals surface area (Å²) in [5, 5.41) is 0. The Morgan fingerprint density at radius 1 is 1.14 bits per heavy atom. The smallest absolute Gasteiger partial charge is 0.308 e. The van der Waals surface area contributed by atoms with Gasteiger partial charge in [-0.2, -0.15) is 0 Å². The van der Waals surface area contributed by atoms with Crippen LogP contribution in [-0.2, 0) is 14.3 Å². The maximum absolute atomic E-state index is 12.1. The van der Waals surface area contributed by atoms with E-state index in [4.69, 9.17) is 9.47 Å². The van der Waals surface area contributed by atoms with Crippen molar-refractivity contribution in [2.45, 2.75) is 32.8 Å². The van der Waals surface area contributed by atoms with Crippen LogP contribution < -0.4 is 4.74 Å². The van der Waals surface area contributed by atoms with Crippen LogP contribution in [0.5, 0.6) is 5.75 Å². The minimum absolute atomic E-state index is 0.105. The van der Waals surface area contributed by atoms with Crippen LogP contribution in [0, 0.1) is 0 Å². The van der Waals surface area contributed by atoms with Gasteiger partial charge >= 0.3 is 11.9 Å². The second-order valence-corrected chi connectivity index (χ2v) is 4.65. The first kappa shape index (κ1) is 14.9. The molecule has 2 rings (SSSR count). The number of benzene rings is 1. The standard InChI is InChI=1S/C15H14O6/c1-3-4-12(17)21-15-13(18)10-6-5-9(20-8(2)16)7-11(10)14(15)19/h5-7,15H,3-4H2,1-2H3. The third-order valence-electron chi connectivity index (χ3n) is 2.96. The van der Waals surface area contributed by atoms with Gasteiger partial charge in [-0.3, -0.25) is 19.2 Å². The molecule has 6 heteroatoms. The Hall–Kier alpha value is -2.50. The van der Waals surface area contributed by atoms with Gasteiger partial charge in [-0.05, 0) is 24.6 Å². The molecule has 1 aliphatic rings. The van der Waals surface area contributed by atoms with Gasteiger partial charge in [-0.1, -0.05) is 6.92 Å². The molecule has 0 saturated heterocycles. The molecule has 0 heterocycles. The third kappa shape index (κ3) is 2.99. The van der Waals surface area contributed by atoms with Gasteiger partial charge < -0.3 is 9.47 Å². The van der Waals surface area contributed by atoms with E-state index in [9.17, 15) is 19.2 Å². The zero-order valence-corrected chi connectivity index (χ0v) is 11.7. The van der Waals surface area contributed by atoms with Crippen molar-refractivity contribution in [1.82, 2.24) is 0 Å². The molecule has 0 aliphatic heterocycles. The Morgan fingerprint density at radius 2 is 1.81 bits per heavy atom. The molecular weight excluding hydrogens is 276 g/mol. The molecule has 0 aromatic heterocycles. The van der Waals surface area contributed by atoms with Crippen LogP contribution in [0.2, 0.25) is 0 Å². The number of ketones is 2. The topological polar surface area (TPSA) is 86.7 Å². The van der Waals surface area contributed by atoms with Gasteiger partial charge in [0, 0.05) is 24.5 Å². The van der Waals surface area contributed by atoms with Crippen molar-refractivity contribution in [3.8, 4) is 5.75 Å². The summed E-state index contributed by atoms with van der Waals surface area (Å²) < 4.78 is 9.80. The zero-order chi connectivity index (χ0) is 15.6. The van der Waals surface area contributed by atoms with E-state index < -0.39 is 29.6 Å². The van der Waals surface area contributed by atoms with Crippen molar-refractivity contribution in [3.05, 3.63) is 29.3 Å². The van der Waals surface area contributed by atoms with Crippen LogP contribution >= 0.6 is 0 Å². The first-order chi connectivity index (χ1) is 9.93. The quantitative estimate of drug-likeness (QED) is 0.476. The van der Waals surface area contributed by atoms with E-state index in [1.54, 1.807) is 6.92 Å². The Bertz CT molecular complexity index is 631. The minimum atomic E-state index is -1.42. The summed E-state index contributed by atoms with van der Waals surface area (Å²) in [5.74, 6) is -2.08. The Labute approximate surface area is 121 Å². The van der Waals surface area contributed by atoms with Gasteiger partial charge in [0.25, 0.3) is 0 Å². The average molecular weight is 290 g/mol. The number of fused-ring (bicyclic) bond motifs is 1. The maximum Gasteiger partial charge on any atom is 0.308 e. The largest absolute Gasteiger partial charge is 0.445 e. The lowest BCUT2D eigenvalue weighted by atomic mass is 10.1. The molecule has 21 heavy (non-hydrogen) atoms. The predicted molar refractivity (Wildman–Crippen MR) is 71.2 cm³/mol. The lowest BCUT2D eigenvalue weighted by Crippen LogP contribution is -2.28. The van der Waals surface area contributed by atoms with Crippen molar-refractivity contribution in [2.75, 3.05) is 0 Å². The number of ether oxygens (including phenoxy) is 2. The van der Waals surface area contributed by atoms with Crippen molar-refractivity contribution < 1.29 is 28.7 Å². The molecule has 6 nitrogen and oxygen atoms in total. The predicted octanol–water partition coefficient (Wildman–Crippen LogP) is 1.70. The number of hydrogen-bond donors (Lipinski definition) is 0. The van der Waals surface area contributed by atoms with Gasteiger partial charge in [0.2, 0.25) is 17.7 Å². The first-order valence-corrected chi connectivity index (χ1v) is 6.54. The number of carbonyl (C=O) groups is 4. The van der Waals surface area contributed by atoms with E-state index in [0.29, 0.717) is 6.42 Å². The number of carbonyl (C=O) groups excluding carboxylic acids is 4. The highest BCUT2D eigenvalue weighted by Crippen LogP contribution is 2.28. The number of hydrogen-bond acceptors (Lipinski definition) is 6. The summed E-state index contributed by atoms with van der Waals surface area (Å²) in [6.45, 7) is 3.02. The second kappa shape index (κ2) is 5.87. The van der Waals surface area contributed by atoms with E-state index in [2.05, 4.69) is 0 Å². The number of rotatable bonds is 4. The molecule has 110 valence electrons. The molecule has 0 bridgehead atoms. The van der Waals surface area contributed by atoms with Crippen LogP contribution in [0.1, 0.15) is 47.4 Å². The van der Waals surface area contributed by atoms with Gasteiger partial charge in [-0.25, -0.2) is 0 Å². The number of Topliss-reactive ketones (excluding diaryl/α,β-unsaturated/α-hetero) is 2. The molecule has 0 fully saturated rings. The van der Waals surface area contributed by atoms with E-state index in [1.165, 1.54) is 25.1 Å². The lowest BCUT2D eigenvalue weighted by molar-refractivity contribution is -0.145. The van der Waals surface area contributed by atoms with Gasteiger partial charge in [0.15, 0.2) is 0 Å². The van der Waals surface area contributed by atoms with Crippen molar-refractivity contribution in [2.24, 2.45) is 0 Å². The molecule has 0 radical (unpaired) electrons. The van der Waals surface area contributed by atoms with Gasteiger partial charge in [-0.15, -0.1) is 0 Å². The summed E-state index contributed by atoms with van der Waals surface area (Å²) >= 11 is 0. The highest BCUT2D eigenvalue weighted by Gasteiger charge is 2.41. The lowest BCUT2D eigenvalue weighted by Gasteiger charge is -2.08. The molecule has 1 aromatic carbocycles. The highest BCUT2D eigenvalue weighted by atomic mass is 16.6. The van der Waals surface area contributed by atoms with Crippen molar-refractivity contribution >= 4 is 23.5 Å². The first-order valence-electron chi connectivity index (χ1n) is 6.54. The van der Waals surface area contributed by atoms with Crippen LogP contribution in [0.25, 0.3) is 0 Å². The molecule has 0 spiro atoms. The Kier molecular flexibility index (Phi) is 4.16. The summed E-state index contributed by atoms with van der Waals surface area (Å²) in [7, 11) is 0. The molecule has 0 N–H and O–H groups in total.